The smallest absolute Gasteiger partial charge is 0.123 e. The highest BCUT2D eigenvalue weighted by Gasteiger charge is 2.01. The van der Waals surface area contributed by atoms with Crippen LogP contribution < -0.4 is 0 Å². The molecule has 0 unspecified atom stereocenters. The van der Waals surface area contributed by atoms with Crippen molar-refractivity contribution in [3.8, 4) is 10.4 Å². The minimum Gasteiger partial charge on any atom is -0.207 e. The van der Waals surface area contributed by atoms with E-state index in [2.05, 4.69) is 6.07 Å². The first-order chi connectivity index (χ1) is 6.25. The second-order valence-corrected chi connectivity index (χ2v) is 4.19. The van der Waals surface area contributed by atoms with E-state index in [0.717, 1.165) is 10.4 Å². The SMILES string of the molecule is Fc1ccc(-c2c[c]c(Cl)s2)cc1. The van der Waals surface area contributed by atoms with Gasteiger partial charge < -0.3 is 0 Å². The average molecular weight is 212 g/mol. The van der Waals surface area contributed by atoms with E-state index in [1.807, 2.05) is 0 Å². The largest absolute Gasteiger partial charge is 0.207 e. The predicted octanol–water partition coefficient (Wildman–Crippen LogP) is 4.01. The first-order valence-corrected chi connectivity index (χ1v) is 4.88. The molecule has 0 atom stereocenters. The number of hydrogen-bond acceptors (Lipinski definition) is 1. The zero-order valence-electron chi connectivity index (χ0n) is 6.55. The molecule has 3 heteroatoms. The van der Waals surface area contributed by atoms with Gasteiger partial charge in [0.1, 0.15) is 10.2 Å². The lowest BCUT2D eigenvalue weighted by atomic mass is 10.2. The number of benzene rings is 1. The van der Waals surface area contributed by atoms with Gasteiger partial charge in [-0.15, -0.1) is 11.3 Å². The zero-order valence-corrected chi connectivity index (χ0v) is 8.12. The highest BCUT2D eigenvalue weighted by Crippen LogP contribution is 2.30. The average Bonchev–Trinajstić information content (AvgIpc) is 2.53. The molecule has 0 amide bonds. The van der Waals surface area contributed by atoms with E-state index in [1.54, 1.807) is 18.2 Å². The molecule has 0 N–H and O–H groups in total. The van der Waals surface area contributed by atoms with Crippen LogP contribution in [0.25, 0.3) is 10.4 Å². The Bertz CT molecular complexity index is 405. The molecular formula is C10H5ClFS. The summed E-state index contributed by atoms with van der Waals surface area (Å²) in [5.41, 5.74) is 0.967. The molecule has 2 rings (SSSR count). The van der Waals surface area contributed by atoms with Gasteiger partial charge in [-0.3, -0.25) is 0 Å². The van der Waals surface area contributed by atoms with Crippen molar-refractivity contribution in [2.45, 2.75) is 0 Å². The van der Waals surface area contributed by atoms with Gasteiger partial charge >= 0.3 is 0 Å². The lowest BCUT2D eigenvalue weighted by Crippen LogP contribution is -1.73. The van der Waals surface area contributed by atoms with Gasteiger partial charge in [-0.05, 0) is 23.8 Å². The van der Waals surface area contributed by atoms with Crippen LogP contribution in [-0.2, 0) is 0 Å². The first kappa shape index (κ1) is 8.73. The van der Waals surface area contributed by atoms with Crippen LogP contribution in [0.4, 0.5) is 4.39 Å². The second-order valence-electron chi connectivity index (χ2n) is 2.54. The third-order valence-corrected chi connectivity index (χ3v) is 2.86. The summed E-state index contributed by atoms with van der Waals surface area (Å²) in [5, 5.41) is 0. The van der Waals surface area contributed by atoms with Gasteiger partial charge in [-0.2, -0.15) is 0 Å². The Labute approximate surface area is 84.6 Å². The van der Waals surface area contributed by atoms with Gasteiger partial charge in [-0.1, -0.05) is 23.7 Å². The molecule has 0 saturated carbocycles. The maximum atomic E-state index is 12.6. The quantitative estimate of drug-likeness (QED) is 0.669. The van der Waals surface area contributed by atoms with Gasteiger partial charge in [0.05, 0.1) is 0 Å². The molecule has 0 saturated heterocycles. The van der Waals surface area contributed by atoms with Crippen molar-refractivity contribution in [3.63, 3.8) is 0 Å². The van der Waals surface area contributed by atoms with Crippen LogP contribution >= 0.6 is 22.9 Å². The summed E-state index contributed by atoms with van der Waals surface area (Å²) in [7, 11) is 0. The van der Waals surface area contributed by atoms with Gasteiger partial charge in [0.15, 0.2) is 0 Å². The van der Waals surface area contributed by atoms with Crippen molar-refractivity contribution in [3.05, 3.63) is 46.6 Å². The van der Waals surface area contributed by atoms with Crippen LogP contribution in [0, 0.1) is 11.9 Å². The summed E-state index contributed by atoms with van der Waals surface area (Å²) in [4.78, 5) is 1.00. The van der Waals surface area contributed by atoms with E-state index in [4.69, 9.17) is 11.6 Å². The molecule has 0 nitrogen and oxygen atoms in total. The van der Waals surface area contributed by atoms with Crippen molar-refractivity contribution < 1.29 is 4.39 Å². The summed E-state index contributed by atoms with van der Waals surface area (Å²) in [6, 6.07) is 11.0. The normalized spacial score (nSPS) is 10.3. The highest BCUT2D eigenvalue weighted by molar-refractivity contribution is 7.19. The van der Waals surface area contributed by atoms with Crippen LogP contribution in [0.5, 0.6) is 0 Å². The van der Waals surface area contributed by atoms with Crippen molar-refractivity contribution in [1.82, 2.24) is 0 Å². The molecule has 1 aromatic carbocycles. The Morgan fingerprint density at radius 1 is 1.23 bits per heavy atom. The minimum atomic E-state index is -0.226. The topological polar surface area (TPSA) is 0 Å². The molecule has 1 heterocycles. The second kappa shape index (κ2) is 3.48. The summed E-state index contributed by atoms with van der Waals surface area (Å²) in [5.74, 6) is -0.226. The molecule has 0 aliphatic rings. The molecule has 1 aromatic heterocycles. The van der Waals surface area contributed by atoms with Crippen molar-refractivity contribution in [2.24, 2.45) is 0 Å². The third kappa shape index (κ3) is 1.90. The van der Waals surface area contributed by atoms with Crippen LogP contribution in [0.15, 0.2) is 30.3 Å². The Hall–Kier alpha value is -0.860. The first-order valence-electron chi connectivity index (χ1n) is 3.68. The van der Waals surface area contributed by atoms with Crippen molar-refractivity contribution in [1.29, 1.82) is 0 Å². The Kier molecular flexibility index (Phi) is 2.34. The van der Waals surface area contributed by atoms with E-state index >= 15 is 0 Å². The molecule has 1 radical (unpaired) electrons. The summed E-state index contributed by atoms with van der Waals surface area (Å²) in [6.07, 6.45) is 0. The summed E-state index contributed by atoms with van der Waals surface area (Å²) < 4.78 is 13.2. The summed E-state index contributed by atoms with van der Waals surface area (Å²) in [6.45, 7) is 0. The van der Waals surface area contributed by atoms with Crippen LogP contribution in [0.1, 0.15) is 0 Å². The zero-order chi connectivity index (χ0) is 9.26. The minimum absolute atomic E-state index is 0.226. The van der Waals surface area contributed by atoms with E-state index in [-0.39, 0.29) is 5.82 Å². The van der Waals surface area contributed by atoms with E-state index < -0.39 is 0 Å². The molecule has 2 aromatic rings. The van der Waals surface area contributed by atoms with Crippen LogP contribution in [0.2, 0.25) is 4.34 Å². The standard InChI is InChI=1S/C10H5ClFS/c11-10-6-5-9(13-10)7-1-3-8(12)4-2-7/h1-5H. The van der Waals surface area contributed by atoms with Gasteiger partial charge in [-0.25, -0.2) is 4.39 Å². The lowest BCUT2D eigenvalue weighted by molar-refractivity contribution is 0.628. The number of thiophene rings is 1. The van der Waals surface area contributed by atoms with Crippen LogP contribution in [-0.4, -0.2) is 0 Å². The van der Waals surface area contributed by atoms with Crippen molar-refractivity contribution >= 4 is 22.9 Å². The maximum absolute atomic E-state index is 12.6. The Balaban J connectivity index is 2.41. The molecular weight excluding hydrogens is 207 g/mol. The highest BCUT2D eigenvalue weighted by atomic mass is 35.5. The fraction of sp³-hybridized carbons (Fsp3) is 0. The van der Waals surface area contributed by atoms with E-state index in [0.29, 0.717) is 4.34 Å². The number of rotatable bonds is 1. The van der Waals surface area contributed by atoms with E-state index in [9.17, 15) is 4.39 Å². The molecule has 0 aliphatic heterocycles. The molecule has 0 spiro atoms. The van der Waals surface area contributed by atoms with Gasteiger partial charge in [0.25, 0.3) is 0 Å². The monoisotopic (exact) mass is 211 g/mol. The predicted molar refractivity (Wildman–Crippen MR) is 53.6 cm³/mol. The van der Waals surface area contributed by atoms with Crippen LogP contribution in [0.3, 0.4) is 0 Å². The maximum Gasteiger partial charge on any atom is 0.123 e. The fourth-order valence-corrected chi connectivity index (χ4v) is 2.02. The van der Waals surface area contributed by atoms with Crippen molar-refractivity contribution in [2.75, 3.05) is 0 Å². The molecule has 65 valence electrons. The van der Waals surface area contributed by atoms with Gasteiger partial charge in [0.2, 0.25) is 0 Å². The van der Waals surface area contributed by atoms with E-state index in [1.165, 1.54) is 23.5 Å². The van der Waals surface area contributed by atoms with Gasteiger partial charge in [0, 0.05) is 10.9 Å². The Morgan fingerprint density at radius 3 is 2.46 bits per heavy atom. The number of halogens is 2. The molecule has 13 heavy (non-hydrogen) atoms. The Morgan fingerprint density at radius 2 is 1.92 bits per heavy atom. The molecule has 0 fully saturated rings. The lowest BCUT2D eigenvalue weighted by Gasteiger charge is -1.95. The number of hydrogen-bond donors (Lipinski definition) is 0. The summed E-state index contributed by atoms with van der Waals surface area (Å²) >= 11 is 7.16. The fourth-order valence-electron chi connectivity index (χ4n) is 1.03. The molecule has 0 bridgehead atoms. The molecule has 0 aliphatic carbocycles. The third-order valence-electron chi connectivity index (χ3n) is 1.65.